The predicted octanol–water partition coefficient (Wildman–Crippen LogP) is 3.33. The molecule has 1 N–H and O–H groups in total. The van der Waals surface area contributed by atoms with E-state index in [0.717, 1.165) is 25.9 Å². The molecule has 1 amide bonds. The molecule has 2 atom stereocenters. The molecule has 1 heterocycles. The van der Waals surface area contributed by atoms with Gasteiger partial charge < -0.3 is 10.0 Å². The highest BCUT2D eigenvalue weighted by Crippen LogP contribution is 2.36. The number of carbonyl (C=O) groups excluding carboxylic acids is 1. The Morgan fingerprint density at radius 1 is 1.17 bits per heavy atom. The minimum absolute atomic E-state index is 0.0695. The molecule has 2 fully saturated rings. The average molecular weight is 331 g/mol. The quantitative estimate of drug-likeness (QED) is 0.861. The molecule has 1 aromatic carbocycles. The molecule has 1 saturated carbocycles. The monoisotopic (exact) mass is 331 g/mol. The van der Waals surface area contributed by atoms with Crippen molar-refractivity contribution in [2.24, 2.45) is 11.8 Å². The number of hydrogen-bond acceptors (Lipinski definition) is 2. The van der Waals surface area contributed by atoms with E-state index in [4.69, 9.17) is 0 Å². The molecule has 4 nitrogen and oxygen atoms in total. The Bertz CT molecular complexity index is 656. The van der Waals surface area contributed by atoms with Gasteiger partial charge in [0.05, 0.1) is 6.42 Å². The third-order valence-corrected chi connectivity index (χ3v) is 5.18. The summed E-state index contributed by atoms with van der Waals surface area (Å²) in [6, 6.07) is 5.97. The molecule has 1 saturated heterocycles. The summed E-state index contributed by atoms with van der Waals surface area (Å²) in [6.45, 7) is 1.46. The lowest BCUT2D eigenvalue weighted by Crippen LogP contribution is -2.29. The van der Waals surface area contributed by atoms with Crippen LogP contribution in [0.25, 0.3) is 6.08 Å². The number of amides is 1. The zero-order valence-electron chi connectivity index (χ0n) is 13.6. The first-order chi connectivity index (χ1) is 11.5. The molecule has 128 valence electrons. The van der Waals surface area contributed by atoms with E-state index in [9.17, 15) is 19.1 Å². The number of carbonyl (C=O) groups is 2. The Morgan fingerprint density at radius 2 is 1.79 bits per heavy atom. The summed E-state index contributed by atoms with van der Waals surface area (Å²) < 4.78 is 13.7. The van der Waals surface area contributed by atoms with Crippen LogP contribution in [0.5, 0.6) is 0 Å². The zero-order valence-corrected chi connectivity index (χ0v) is 13.6. The number of fused-ring (bicyclic) bond motifs is 1. The van der Waals surface area contributed by atoms with E-state index in [2.05, 4.69) is 0 Å². The van der Waals surface area contributed by atoms with Crippen LogP contribution in [0.15, 0.2) is 29.8 Å². The summed E-state index contributed by atoms with van der Waals surface area (Å²) >= 11 is 0. The minimum Gasteiger partial charge on any atom is -0.478 e. The summed E-state index contributed by atoms with van der Waals surface area (Å²) in [4.78, 5) is 25.8. The lowest BCUT2D eigenvalue weighted by molar-refractivity contribution is -0.136. The minimum atomic E-state index is -1.18. The van der Waals surface area contributed by atoms with Gasteiger partial charge in [-0.05, 0) is 36.8 Å². The number of benzene rings is 1. The summed E-state index contributed by atoms with van der Waals surface area (Å²) in [5, 5.41) is 9.36. The van der Waals surface area contributed by atoms with E-state index in [1.807, 2.05) is 0 Å². The lowest BCUT2D eigenvalue weighted by Gasteiger charge is -2.22. The molecular weight excluding hydrogens is 309 g/mol. The van der Waals surface area contributed by atoms with Crippen LogP contribution in [0.2, 0.25) is 0 Å². The first kappa shape index (κ1) is 16.7. The number of rotatable bonds is 4. The van der Waals surface area contributed by atoms with Gasteiger partial charge in [0.1, 0.15) is 5.82 Å². The maximum atomic E-state index is 13.7. The van der Waals surface area contributed by atoms with Gasteiger partial charge in [0.15, 0.2) is 0 Å². The first-order valence-electron chi connectivity index (χ1n) is 8.51. The second-order valence-corrected chi connectivity index (χ2v) is 6.78. The van der Waals surface area contributed by atoms with Crippen molar-refractivity contribution in [1.29, 1.82) is 0 Å². The van der Waals surface area contributed by atoms with Crippen molar-refractivity contribution in [3.63, 3.8) is 0 Å². The number of nitrogens with zero attached hydrogens (tertiary/aromatic N) is 1. The second-order valence-electron chi connectivity index (χ2n) is 6.78. The molecule has 0 radical (unpaired) electrons. The smallest absolute Gasteiger partial charge is 0.332 e. The molecule has 1 aliphatic carbocycles. The van der Waals surface area contributed by atoms with Gasteiger partial charge >= 0.3 is 5.97 Å². The van der Waals surface area contributed by atoms with Gasteiger partial charge in [-0.15, -0.1) is 0 Å². The van der Waals surface area contributed by atoms with Crippen molar-refractivity contribution < 1.29 is 19.1 Å². The van der Waals surface area contributed by atoms with Crippen LogP contribution in [0.1, 0.15) is 37.7 Å². The van der Waals surface area contributed by atoms with Gasteiger partial charge in [-0.1, -0.05) is 31.0 Å². The Labute approximate surface area is 141 Å². The summed E-state index contributed by atoms with van der Waals surface area (Å²) in [5.74, 6) is -0.716. The molecule has 2 aliphatic rings. The molecule has 1 aromatic rings. The number of likely N-dealkylation sites (tertiary alicyclic amines) is 1. The van der Waals surface area contributed by atoms with Crippen LogP contribution in [0.4, 0.5) is 4.39 Å². The Hall–Kier alpha value is -2.17. The van der Waals surface area contributed by atoms with Crippen molar-refractivity contribution in [3.05, 3.63) is 41.2 Å². The molecule has 2 unspecified atom stereocenters. The van der Waals surface area contributed by atoms with Gasteiger partial charge in [0.25, 0.3) is 0 Å². The van der Waals surface area contributed by atoms with Crippen LogP contribution in [-0.2, 0) is 9.59 Å². The normalized spacial score (nSPS) is 23.9. The van der Waals surface area contributed by atoms with Crippen molar-refractivity contribution >= 4 is 18.0 Å². The van der Waals surface area contributed by atoms with Crippen LogP contribution < -0.4 is 0 Å². The Kier molecular flexibility index (Phi) is 4.97. The highest BCUT2D eigenvalue weighted by atomic mass is 19.1. The summed E-state index contributed by atoms with van der Waals surface area (Å²) in [7, 11) is 0. The SMILES string of the molecule is O=C(O)/C(=C\c1ccccc1F)CC(=O)N1CC2CCCCC2C1. The van der Waals surface area contributed by atoms with Crippen LogP contribution in [-0.4, -0.2) is 35.0 Å². The van der Waals surface area contributed by atoms with Crippen molar-refractivity contribution in [3.8, 4) is 0 Å². The third-order valence-electron chi connectivity index (χ3n) is 5.18. The van der Waals surface area contributed by atoms with Gasteiger partial charge in [-0.3, -0.25) is 4.79 Å². The van der Waals surface area contributed by atoms with E-state index in [1.54, 1.807) is 17.0 Å². The number of halogens is 1. The molecule has 0 aromatic heterocycles. The van der Waals surface area contributed by atoms with E-state index < -0.39 is 11.8 Å². The lowest BCUT2D eigenvalue weighted by atomic mass is 9.82. The van der Waals surface area contributed by atoms with Gasteiger partial charge in [0, 0.05) is 24.2 Å². The van der Waals surface area contributed by atoms with Gasteiger partial charge in [0.2, 0.25) is 5.91 Å². The molecule has 5 heteroatoms. The fourth-order valence-corrected chi connectivity index (χ4v) is 3.85. The standard InChI is InChI=1S/C19H22FNO3/c20-17-8-4-3-5-13(17)9-16(19(23)24)10-18(22)21-11-14-6-1-2-7-15(14)12-21/h3-5,8-9,14-15H,1-2,6-7,10-12H2,(H,23,24)/b16-9-. The number of carboxylic acid groups (broad SMARTS) is 1. The molecule has 3 rings (SSSR count). The van der Waals surface area contributed by atoms with Crippen molar-refractivity contribution in [2.45, 2.75) is 32.1 Å². The third kappa shape index (κ3) is 3.66. The highest BCUT2D eigenvalue weighted by molar-refractivity contribution is 5.98. The van der Waals surface area contributed by atoms with Gasteiger partial charge in [-0.25, -0.2) is 9.18 Å². The number of hydrogen-bond donors (Lipinski definition) is 1. The molecule has 24 heavy (non-hydrogen) atoms. The van der Waals surface area contributed by atoms with Crippen molar-refractivity contribution in [2.75, 3.05) is 13.1 Å². The van der Waals surface area contributed by atoms with Crippen LogP contribution in [0.3, 0.4) is 0 Å². The fourth-order valence-electron chi connectivity index (χ4n) is 3.85. The first-order valence-corrected chi connectivity index (χ1v) is 8.51. The number of carboxylic acids is 1. The zero-order chi connectivity index (χ0) is 17.1. The summed E-state index contributed by atoms with van der Waals surface area (Å²) in [6.07, 6.45) is 5.83. The van der Waals surface area contributed by atoms with Crippen LogP contribution in [0, 0.1) is 17.7 Å². The molecule has 0 bridgehead atoms. The highest BCUT2D eigenvalue weighted by Gasteiger charge is 2.36. The topological polar surface area (TPSA) is 57.6 Å². The average Bonchev–Trinajstić information content (AvgIpc) is 3.00. The van der Waals surface area contributed by atoms with Crippen LogP contribution >= 0.6 is 0 Å². The second kappa shape index (κ2) is 7.16. The summed E-state index contributed by atoms with van der Waals surface area (Å²) in [5.41, 5.74) is 0.123. The maximum Gasteiger partial charge on any atom is 0.332 e. The Morgan fingerprint density at radius 3 is 2.38 bits per heavy atom. The van der Waals surface area contributed by atoms with E-state index in [1.165, 1.54) is 31.1 Å². The van der Waals surface area contributed by atoms with E-state index in [-0.39, 0.29) is 23.5 Å². The molecule has 0 spiro atoms. The van der Waals surface area contributed by atoms with Gasteiger partial charge in [-0.2, -0.15) is 0 Å². The number of aliphatic carboxylic acids is 1. The van der Waals surface area contributed by atoms with E-state index in [0.29, 0.717) is 11.8 Å². The molecular formula is C19H22FNO3. The maximum absolute atomic E-state index is 13.7. The Balaban J connectivity index is 1.71. The van der Waals surface area contributed by atoms with E-state index >= 15 is 0 Å². The van der Waals surface area contributed by atoms with Crippen molar-refractivity contribution in [1.82, 2.24) is 4.90 Å². The molecule has 1 aliphatic heterocycles. The fraction of sp³-hybridized carbons (Fsp3) is 0.474. The predicted molar refractivity (Wildman–Crippen MR) is 88.7 cm³/mol. The largest absolute Gasteiger partial charge is 0.478 e.